The standard InChI is InChI=1S/C24H41N3O/c1-23(2)15-19(16-24(3,4)26-23)25-22(28)27-20-11-7-5-9-17(20)13-14-18-10-6-8-12-21(18)27/h17,19-20,26H,5-16H2,1-4H3,(H,25,28). The predicted molar refractivity (Wildman–Crippen MR) is 115 cm³/mol. The van der Waals surface area contributed by atoms with Crippen molar-refractivity contribution in [3.05, 3.63) is 11.3 Å². The summed E-state index contributed by atoms with van der Waals surface area (Å²) >= 11 is 0. The van der Waals surface area contributed by atoms with Gasteiger partial charge in [-0.2, -0.15) is 0 Å². The van der Waals surface area contributed by atoms with Crippen LogP contribution in [-0.4, -0.2) is 34.1 Å². The smallest absolute Gasteiger partial charge is 0.322 e. The minimum absolute atomic E-state index is 0.0567. The lowest BCUT2D eigenvalue weighted by atomic mass is 9.79. The fourth-order valence-electron chi connectivity index (χ4n) is 6.88. The summed E-state index contributed by atoms with van der Waals surface area (Å²) in [4.78, 5) is 16.0. The van der Waals surface area contributed by atoms with E-state index in [-0.39, 0.29) is 23.2 Å². The summed E-state index contributed by atoms with van der Waals surface area (Å²) < 4.78 is 0. The van der Waals surface area contributed by atoms with Crippen LogP contribution in [0, 0.1) is 5.92 Å². The minimum Gasteiger partial charge on any atom is -0.335 e. The number of amides is 2. The Hall–Kier alpha value is -1.03. The molecule has 1 saturated carbocycles. The summed E-state index contributed by atoms with van der Waals surface area (Å²) in [5.74, 6) is 0.700. The van der Waals surface area contributed by atoms with Crippen molar-refractivity contribution in [2.45, 2.75) is 128 Å². The molecule has 1 saturated heterocycles. The lowest BCUT2D eigenvalue weighted by molar-refractivity contribution is 0.120. The van der Waals surface area contributed by atoms with Crippen LogP contribution in [0.1, 0.15) is 105 Å². The van der Waals surface area contributed by atoms with Crippen molar-refractivity contribution >= 4 is 6.03 Å². The van der Waals surface area contributed by atoms with E-state index in [2.05, 4.69) is 43.2 Å². The largest absolute Gasteiger partial charge is 0.335 e. The SMILES string of the molecule is CC1(C)CC(NC(=O)N2C3=C(CCCC3)CCC3CCCCC32)CC(C)(C)N1. The Labute approximate surface area is 171 Å². The highest BCUT2D eigenvalue weighted by molar-refractivity contribution is 5.77. The molecular formula is C24H41N3O. The van der Waals surface area contributed by atoms with E-state index in [4.69, 9.17) is 0 Å². The number of rotatable bonds is 1. The lowest BCUT2D eigenvalue weighted by Crippen LogP contribution is -2.63. The van der Waals surface area contributed by atoms with E-state index in [1.807, 2.05) is 0 Å². The molecule has 4 nitrogen and oxygen atoms in total. The normalized spacial score (nSPS) is 32.9. The van der Waals surface area contributed by atoms with Crippen LogP contribution in [0.5, 0.6) is 0 Å². The molecule has 2 unspecified atom stereocenters. The summed E-state index contributed by atoms with van der Waals surface area (Å²) in [6.07, 6.45) is 14.5. The number of carbonyl (C=O) groups is 1. The average Bonchev–Trinajstić information content (AvgIpc) is 2.75. The van der Waals surface area contributed by atoms with Gasteiger partial charge >= 0.3 is 6.03 Å². The van der Waals surface area contributed by atoms with Gasteiger partial charge in [-0.15, -0.1) is 0 Å². The van der Waals surface area contributed by atoms with Crippen LogP contribution in [-0.2, 0) is 0 Å². The number of nitrogens with one attached hydrogen (secondary N) is 2. The first-order chi connectivity index (χ1) is 13.2. The number of allylic oxidation sites excluding steroid dienone is 2. The third-order valence-electron chi connectivity index (χ3n) is 7.60. The van der Waals surface area contributed by atoms with Crippen LogP contribution in [0.3, 0.4) is 0 Å². The molecule has 28 heavy (non-hydrogen) atoms. The molecule has 158 valence electrons. The van der Waals surface area contributed by atoms with Gasteiger partial charge in [0.15, 0.2) is 0 Å². The lowest BCUT2D eigenvalue weighted by Gasteiger charge is -2.47. The van der Waals surface area contributed by atoms with Crippen LogP contribution in [0.25, 0.3) is 0 Å². The van der Waals surface area contributed by atoms with Gasteiger partial charge in [0.2, 0.25) is 0 Å². The Morgan fingerprint density at radius 2 is 1.61 bits per heavy atom. The van der Waals surface area contributed by atoms with E-state index in [1.54, 1.807) is 5.57 Å². The highest BCUT2D eigenvalue weighted by Gasteiger charge is 2.42. The Morgan fingerprint density at radius 3 is 2.36 bits per heavy atom. The fraction of sp³-hybridized carbons (Fsp3) is 0.875. The van der Waals surface area contributed by atoms with Crippen molar-refractivity contribution in [1.82, 2.24) is 15.5 Å². The van der Waals surface area contributed by atoms with Gasteiger partial charge in [0, 0.05) is 28.9 Å². The molecule has 4 heteroatoms. The molecule has 0 radical (unpaired) electrons. The van der Waals surface area contributed by atoms with Gasteiger partial charge in [0.25, 0.3) is 0 Å². The van der Waals surface area contributed by atoms with E-state index in [1.165, 1.54) is 63.5 Å². The van der Waals surface area contributed by atoms with Gasteiger partial charge in [0.1, 0.15) is 0 Å². The molecule has 4 rings (SSSR count). The summed E-state index contributed by atoms with van der Waals surface area (Å²) in [6.45, 7) is 9.05. The number of piperidine rings is 1. The second-order valence-electron chi connectivity index (χ2n) is 11.2. The molecule has 2 amide bonds. The maximum absolute atomic E-state index is 13.7. The molecule has 0 bridgehead atoms. The van der Waals surface area contributed by atoms with Crippen LogP contribution in [0.15, 0.2) is 11.3 Å². The van der Waals surface area contributed by atoms with Crippen LogP contribution >= 0.6 is 0 Å². The quantitative estimate of drug-likeness (QED) is 0.625. The zero-order chi connectivity index (χ0) is 19.9. The first kappa shape index (κ1) is 20.3. The van der Waals surface area contributed by atoms with Crippen LogP contribution in [0.4, 0.5) is 4.79 Å². The molecule has 0 spiro atoms. The Bertz CT molecular complexity index is 620. The Kier molecular flexibility index (Phi) is 5.54. The molecule has 4 aliphatic rings. The molecule has 0 aromatic heterocycles. The molecule has 2 aliphatic heterocycles. The van der Waals surface area contributed by atoms with Gasteiger partial charge in [-0.3, -0.25) is 4.90 Å². The molecule has 2 atom stereocenters. The summed E-state index contributed by atoms with van der Waals surface area (Å²) in [7, 11) is 0. The van der Waals surface area contributed by atoms with Gasteiger partial charge in [-0.25, -0.2) is 4.79 Å². The first-order valence-electron chi connectivity index (χ1n) is 11.8. The molecule has 0 aromatic carbocycles. The van der Waals surface area contributed by atoms with Crippen LogP contribution in [0.2, 0.25) is 0 Å². The maximum Gasteiger partial charge on any atom is 0.322 e. The summed E-state index contributed by atoms with van der Waals surface area (Å²) in [5, 5.41) is 7.25. The van der Waals surface area contributed by atoms with E-state index in [0.717, 1.165) is 19.3 Å². The topological polar surface area (TPSA) is 44.4 Å². The number of nitrogens with zero attached hydrogens (tertiary/aromatic N) is 1. The van der Waals surface area contributed by atoms with Crippen molar-refractivity contribution in [2.24, 2.45) is 5.92 Å². The van der Waals surface area contributed by atoms with Crippen molar-refractivity contribution in [1.29, 1.82) is 0 Å². The first-order valence-corrected chi connectivity index (χ1v) is 11.8. The second-order valence-corrected chi connectivity index (χ2v) is 11.2. The molecule has 2 N–H and O–H groups in total. The number of fused-ring (bicyclic) bond motifs is 1. The van der Waals surface area contributed by atoms with E-state index < -0.39 is 0 Å². The Balaban J connectivity index is 1.57. The van der Waals surface area contributed by atoms with E-state index in [9.17, 15) is 4.79 Å². The van der Waals surface area contributed by atoms with Crippen molar-refractivity contribution in [3.63, 3.8) is 0 Å². The van der Waals surface area contributed by atoms with Gasteiger partial charge in [-0.1, -0.05) is 18.4 Å². The van der Waals surface area contributed by atoms with Crippen molar-refractivity contribution in [3.8, 4) is 0 Å². The van der Waals surface area contributed by atoms with Gasteiger partial charge < -0.3 is 10.6 Å². The molecule has 2 fully saturated rings. The fourth-order valence-corrected chi connectivity index (χ4v) is 6.88. The van der Waals surface area contributed by atoms with Gasteiger partial charge in [-0.05, 0) is 97.8 Å². The zero-order valence-corrected chi connectivity index (χ0v) is 18.6. The Morgan fingerprint density at radius 1 is 0.929 bits per heavy atom. The highest BCUT2D eigenvalue weighted by atomic mass is 16.2. The second kappa shape index (κ2) is 7.66. The van der Waals surface area contributed by atoms with E-state index in [0.29, 0.717) is 12.0 Å². The average molecular weight is 388 g/mol. The minimum atomic E-state index is 0.0567. The number of hydrogen-bond donors (Lipinski definition) is 2. The van der Waals surface area contributed by atoms with Crippen molar-refractivity contribution < 1.29 is 4.79 Å². The number of hydrogen-bond acceptors (Lipinski definition) is 2. The van der Waals surface area contributed by atoms with Gasteiger partial charge in [0.05, 0.1) is 0 Å². The third-order valence-corrected chi connectivity index (χ3v) is 7.60. The van der Waals surface area contributed by atoms with Crippen LogP contribution < -0.4 is 10.6 Å². The zero-order valence-electron chi connectivity index (χ0n) is 18.6. The molecular weight excluding hydrogens is 346 g/mol. The maximum atomic E-state index is 13.7. The molecule has 2 heterocycles. The van der Waals surface area contributed by atoms with E-state index >= 15 is 0 Å². The summed E-state index contributed by atoms with van der Waals surface area (Å²) in [6, 6.07) is 0.880. The highest BCUT2D eigenvalue weighted by Crippen LogP contribution is 2.42. The molecule has 2 aliphatic carbocycles. The molecule has 0 aromatic rings. The van der Waals surface area contributed by atoms with Crippen molar-refractivity contribution in [2.75, 3.05) is 0 Å². The predicted octanol–water partition coefficient (Wildman–Crippen LogP) is 5.49. The number of urea groups is 1. The summed E-state index contributed by atoms with van der Waals surface area (Å²) in [5.41, 5.74) is 3.12. The third kappa shape index (κ3) is 4.27. The monoisotopic (exact) mass is 387 g/mol. The number of carbonyl (C=O) groups excluding carboxylic acids is 1.